The predicted molar refractivity (Wildman–Crippen MR) is 70.0 cm³/mol. The monoisotopic (exact) mass is 252 g/mol. The lowest BCUT2D eigenvalue weighted by molar-refractivity contribution is 0.300. The zero-order chi connectivity index (χ0) is 13.1. The van der Waals surface area contributed by atoms with E-state index in [-0.39, 0.29) is 11.9 Å². The lowest BCUT2D eigenvalue weighted by Gasteiger charge is -2.18. The molecule has 4 heteroatoms. The normalized spacial score (nSPS) is 22.1. The van der Waals surface area contributed by atoms with Gasteiger partial charge in [0.1, 0.15) is 0 Å². The van der Waals surface area contributed by atoms with Gasteiger partial charge in [-0.05, 0) is 31.9 Å². The Morgan fingerprint density at radius 1 is 1.56 bits per heavy atom. The summed E-state index contributed by atoms with van der Waals surface area (Å²) in [7, 11) is 1.49. The van der Waals surface area contributed by atoms with Crippen LogP contribution in [0.15, 0.2) is 18.2 Å². The van der Waals surface area contributed by atoms with E-state index in [9.17, 15) is 4.39 Å². The highest BCUT2D eigenvalue weighted by molar-refractivity contribution is 5.31. The van der Waals surface area contributed by atoms with Crippen LogP contribution < -0.4 is 10.5 Å². The lowest BCUT2D eigenvalue weighted by Crippen LogP contribution is -2.29. The molecule has 18 heavy (non-hydrogen) atoms. The molecule has 1 aromatic carbocycles. The molecule has 0 aliphatic carbocycles. The number of halogens is 1. The van der Waals surface area contributed by atoms with Crippen molar-refractivity contribution in [2.75, 3.05) is 20.2 Å². The number of nitrogens with zero attached hydrogens (tertiary/aromatic N) is 1. The van der Waals surface area contributed by atoms with Crippen LogP contribution in [-0.4, -0.2) is 31.1 Å². The van der Waals surface area contributed by atoms with Crippen molar-refractivity contribution in [1.82, 2.24) is 4.90 Å². The van der Waals surface area contributed by atoms with Crippen LogP contribution >= 0.6 is 0 Å². The van der Waals surface area contributed by atoms with Gasteiger partial charge in [-0.1, -0.05) is 12.1 Å². The van der Waals surface area contributed by atoms with Gasteiger partial charge in [-0.15, -0.1) is 0 Å². The highest BCUT2D eigenvalue weighted by Gasteiger charge is 2.25. The first kappa shape index (κ1) is 13.3. The van der Waals surface area contributed by atoms with E-state index in [2.05, 4.69) is 4.90 Å². The maximum absolute atomic E-state index is 14.0. The standard InChI is InChI=1S/C14H21FN2O/c1-10(16)11-6-7-17(8-11)9-12-4-3-5-13(18-2)14(12)15/h3-5,10-11H,6-9,16H2,1-2H3. The van der Waals surface area contributed by atoms with Gasteiger partial charge in [0.15, 0.2) is 11.6 Å². The number of nitrogens with two attached hydrogens (primary N) is 1. The molecule has 1 aliphatic rings. The number of likely N-dealkylation sites (tertiary alicyclic amines) is 1. The molecule has 3 nitrogen and oxygen atoms in total. The van der Waals surface area contributed by atoms with E-state index in [1.807, 2.05) is 19.1 Å². The van der Waals surface area contributed by atoms with Gasteiger partial charge in [-0.2, -0.15) is 0 Å². The Morgan fingerprint density at radius 2 is 2.33 bits per heavy atom. The number of methoxy groups -OCH3 is 1. The average molecular weight is 252 g/mol. The van der Waals surface area contributed by atoms with Crippen LogP contribution in [0.2, 0.25) is 0 Å². The minimum Gasteiger partial charge on any atom is -0.494 e. The highest BCUT2D eigenvalue weighted by Crippen LogP contribution is 2.24. The summed E-state index contributed by atoms with van der Waals surface area (Å²) in [6.45, 7) is 4.61. The fourth-order valence-corrected chi connectivity index (χ4v) is 2.51. The summed E-state index contributed by atoms with van der Waals surface area (Å²) >= 11 is 0. The lowest BCUT2D eigenvalue weighted by atomic mass is 10.0. The van der Waals surface area contributed by atoms with E-state index in [1.54, 1.807) is 6.07 Å². The Balaban J connectivity index is 2.02. The molecule has 2 atom stereocenters. The smallest absolute Gasteiger partial charge is 0.169 e. The zero-order valence-corrected chi connectivity index (χ0v) is 11.0. The van der Waals surface area contributed by atoms with Crippen molar-refractivity contribution in [1.29, 1.82) is 0 Å². The molecule has 0 aromatic heterocycles. The van der Waals surface area contributed by atoms with Crippen molar-refractivity contribution >= 4 is 0 Å². The fraction of sp³-hybridized carbons (Fsp3) is 0.571. The average Bonchev–Trinajstić information content (AvgIpc) is 2.80. The van der Waals surface area contributed by atoms with Crippen LogP contribution in [0.3, 0.4) is 0 Å². The summed E-state index contributed by atoms with van der Waals surface area (Å²) in [4.78, 5) is 2.26. The van der Waals surface area contributed by atoms with E-state index in [1.165, 1.54) is 7.11 Å². The second-order valence-electron chi connectivity index (χ2n) is 5.08. The fourth-order valence-electron chi connectivity index (χ4n) is 2.51. The first-order chi connectivity index (χ1) is 8.61. The second-order valence-corrected chi connectivity index (χ2v) is 5.08. The van der Waals surface area contributed by atoms with Gasteiger partial charge in [0.05, 0.1) is 7.11 Å². The van der Waals surface area contributed by atoms with Crippen molar-refractivity contribution in [3.63, 3.8) is 0 Å². The summed E-state index contributed by atoms with van der Waals surface area (Å²) in [5.41, 5.74) is 6.60. The molecule has 0 amide bonds. The Hall–Kier alpha value is -1.13. The Kier molecular flexibility index (Phi) is 4.19. The Labute approximate surface area is 108 Å². The van der Waals surface area contributed by atoms with Gasteiger partial charge < -0.3 is 10.5 Å². The maximum Gasteiger partial charge on any atom is 0.169 e. The first-order valence-electron chi connectivity index (χ1n) is 6.41. The van der Waals surface area contributed by atoms with Crippen molar-refractivity contribution in [3.05, 3.63) is 29.6 Å². The summed E-state index contributed by atoms with van der Waals surface area (Å²) in [5.74, 6) is 0.596. The molecule has 2 rings (SSSR count). The summed E-state index contributed by atoms with van der Waals surface area (Å²) in [5, 5.41) is 0. The quantitative estimate of drug-likeness (QED) is 0.890. The molecular weight excluding hydrogens is 231 g/mol. The Bertz CT molecular complexity index is 409. The summed E-state index contributed by atoms with van der Waals surface area (Å²) in [6.07, 6.45) is 1.10. The van der Waals surface area contributed by atoms with Gasteiger partial charge in [0.2, 0.25) is 0 Å². The minimum atomic E-state index is -0.246. The van der Waals surface area contributed by atoms with Crippen LogP contribution in [0.4, 0.5) is 4.39 Å². The third-order valence-electron chi connectivity index (χ3n) is 3.71. The number of hydrogen-bond donors (Lipinski definition) is 1. The third kappa shape index (κ3) is 2.82. The van der Waals surface area contributed by atoms with Crippen LogP contribution in [-0.2, 0) is 6.54 Å². The zero-order valence-electron chi connectivity index (χ0n) is 11.0. The predicted octanol–water partition coefficient (Wildman–Crippen LogP) is 2.00. The van der Waals surface area contributed by atoms with Gasteiger partial charge >= 0.3 is 0 Å². The number of rotatable bonds is 4. The van der Waals surface area contributed by atoms with E-state index >= 15 is 0 Å². The molecule has 1 heterocycles. The van der Waals surface area contributed by atoms with Gasteiger partial charge in [-0.25, -0.2) is 4.39 Å². The van der Waals surface area contributed by atoms with Gasteiger partial charge in [0, 0.05) is 24.7 Å². The number of hydrogen-bond acceptors (Lipinski definition) is 3. The van der Waals surface area contributed by atoms with Crippen molar-refractivity contribution in [2.24, 2.45) is 11.7 Å². The highest BCUT2D eigenvalue weighted by atomic mass is 19.1. The van der Waals surface area contributed by atoms with Gasteiger partial charge in [-0.3, -0.25) is 4.90 Å². The largest absolute Gasteiger partial charge is 0.494 e. The molecule has 0 spiro atoms. The number of benzene rings is 1. The molecule has 0 bridgehead atoms. The second kappa shape index (κ2) is 5.67. The third-order valence-corrected chi connectivity index (χ3v) is 3.71. The van der Waals surface area contributed by atoms with E-state index in [4.69, 9.17) is 10.5 Å². The molecule has 0 saturated carbocycles. The van der Waals surface area contributed by atoms with Crippen LogP contribution in [0.1, 0.15) is 18.9 Å². The van der Waals surface area contributed by atoms with Gasteiger partial charge in [0.25, 0.3) is 0 Å². The van der Waals surface area contributed by atoms with E-state index in [0.717, 1.165) is 19.5 Å². The molecular formula is C14H21FN2O. The molecule has 2 N–H and O–H groups in total. The van der Waals surface area contributed by atoms with Crippen molar-refractivity contribution < 1.29 is 9.13 Å². The topological polar surface area (TPSA) is 38.5 Å². The van der Waals surface area contributed by atoms with Crippen LogP contribution in [0.25, 0.3) is 0 Å². The summed E-state index contributed by atoms with van der Waals surface area (Å²) in [6, 6.07) is 5.51. The molecule has 100 valence electrons. The van der Waals surface area contributed by atoms with E-state index in [0.29, 0.717) is 23.8 Å². The molecule has 2 unspecified atom stereocenters. The summed E-state index contributed by atoms with van der Waals surface area (Å²) < 4.78 is 19.0. The van der Waals surface area contributed by atoms with E-state index < -0.39 is 0 Å². The maximum atomic E-state index is 14.0. The molecule has 1 aliphatic heterocycles. The molecule has 1 aromatic rings. The van der Waals surface area contributed by atoms with Crippen molar-refractivity contribution in [2.45, 2.75) is 25.9 Å². The first-order valence-corrected chi connectivity index (χ1v) is 6.41. The SMILES string of the molecule is COc1cccc(CN2CCC(C(C)N)C2)c1F. The number of ether oxygens (including phenoxy) is 1. The molecule has 1 fully saturated rings. The molecule has 1 saturated heterocycles. The Morgan fingerprint density at radius 3 is 2.94 bits per heavy atom. The minimum absolute atomic E-state index is 0.213. The van der Waals surface area contributed by atoms with Crippen LogP contribution in [0, 0.1) is 11.7 Å². The molecule has 0 radical (unpaired) electrons. The van der Waals surface area contributed by atoms with Crippen molar-refractivity contribution in [3.8, 4) is 5.75 Å². The van der Waals surface area contributed by atoms with Crippen LogP contribution in [0.5, 0.6) is 5.75 Å².